The van der Waals surface area contributed by atoms with Gasteiger partial charge in [-0.05, 0) is 12.8 Å². The Labute approximate surface area is 144 Å². The fraction of sp³-hybridized carbons (Fsp3) is 0.944. The minimum atomic E-state index is -4.57. The van der Waals surface area contributed by atoms with E-state index in [1.807, 2.05) is 6.92 Å². The molecule has 0 aliphatic carbocycles. The molecule has 0 radical (unpaired) electrons. The molecular weight excluding hydrogens is 319 g/mol. The van der Waals surface area contributed by atoms with Gasteiger partial charge < -0.3 is 10.5 Å². The van der Waals surface area contributed by atoms with Gasteiger partial charge in [0.25, 0.3) is 0 Å². The Hall–Kier alpha value is -0.780. The molecule has 2 N–H and O–H groups in total. The van der Waals surface area contributed by atoms with Crippen molar-refractivity contribution >= 4 is 5.97 Å². The highest BCUT2D eigenvalue weighted by molar-refractivity contribution is 5.73. The average Bonchev–Trinajstić information content (AvgIpc) is 2.52. The molecule has 0 aliphatic rings. The molecule has 144 valence electrons. The highest BCUT2D eigenvalue weighted by Crippen LogP contribution is 2.28. The summed E-state index contributed by atoms with van der Waals surface area (Å²) in [6.07, 6.45) is 5.32. The van der Waals surface area contributed by atoms with Crippen LogP contribution in [0.1, 0.15) is 84.5 Å². The second-order valence-electron chi connectivity index (χ2n) is 6.46. The first kappa shape index (κ1) is 23.2. The molecule has 0 aromatic rings. The third-order valence-electron chi connectivity index (χ3n) is 4.23. The van der Waals surface area contributed by atoms with E-state index in [1.165, 1.54) is 25.7 Å². The van der Waals surface area contributed by atoms with Gasteiger partial charge in [-0.1, -0.05) is 71.6 Å². The minimum absolute atomic E-state index is 0.139. The van der Waals surface area contributed by atoms with Crippen LogP contribution in [0.4, 0.5) is 13.2 Å². The van der Waals surface area contributed by atoms with E-state index in [4.69, 9.17) is 10.5 Å². The molecule has 0 heterocycles. The number of esters is 1. The highest BCUT2D eigenvalue weighted by Gasteiger charge is 2.45. The lowest BCUT2D eigenvalue weighted by atomic mass is 9.93. The number of rotatable bonds is 14. The molecule has 3 nitrogen and oxygen atoms in total. The average molecular weight is 353 g/mol. The van der Waals surface area contributed by atoms with Crippen molar-refractivity contribution in [3.63, 3.8) is 0 Å². The van der Waals surface area contributed by atoms with E-state index in [2.05, 4.69) is 6.92 Å². The molecule has 0 bridgehead atoms. The Morgan fingerprint density at radius 2 is 1.42 bits per heavy atom. The Morgan fingerprint density at radius 3 is 1.92 bits per heavy atom. The van der Waals surface area contributed by atoms with Gasteiger partial charge in [0, 0.05) is 0 Å². The zero-order valence-electron chi connectivity index (χ0n) is 15.2. The van der Waals surface area contributed by atoms with E-state index < -0.39 is 24.1 Å². The van der Waals surface area contributed by atoms with Crippen molar-refractivity contribution in [2.24, 2.45) is 11.7 Å². The van der Waals surface area contributed by atoms with Crippen LogP contribution >= 0.6 is 0 Å². The van der Waals surface area contributed by atoms with E-state index in [9.17, 15) is 18.0 Å². The van der Waals surface area contributed by atoms with Crippen molar-refractivity contribution in [3.05, 3.63) is 0 Å². The van der Waals surface area contributed by atoms with Gasteiger partial charge in [0.05, 0.1) is 12.5 Å². The van der Waals surface area contributed by atoms with Gasteiger partial charge in [-0.15, -0.1) is 0 Å². The van der Waals surface area contributed by atoms with Crippen LogP contribution in [0.5, 0.6) is 0 Å². The maximum atomic E-state index is 12.9. The van der Waals surface area contributed by atoms with Gasteiger partial charge in [0.15, 0.2) is 0 Å². The molecular formula is C18H34F3NO2. The number of carbonyl (C=O) groups excluding carboxylic acids is 1. The summed E-state index contributed by atoms with van der Waals surface area (Å²) in [6.45, 7) is 4.24. The monoisotopic (exact) mass is 353 g/mol. The predicted molar refractivity (Wildman–Crippen MR) is 90.6 cm³/mol. The lowest BCUT2D eigenvalue weighted by Crippen LogP contribution is -2.47. The second-order valence-corrected chi connectivity index (χ2v) is 6.46. The minimum Gasteiger partial charge on any atom is -0.465 e. The number of unbranched alkanes of at least 4 members (excludes halogenated alkanes) is 8. The Bertz CT molecular complexity index is 322. The fourth-order valence-electron chi connectivity index (χ4n) is 2.59. The van der Waals surface area contributed by atoms with Gasteiger partial charge in [-0.25, -0.2) is 0 Å². The summed E-state index contributed by atoms with van der Waals surface area (Å²) in [7, 11) is 0. The van der Waals surface area contributed by atoms with Crippen molar-refractivity contribution in [1.82, 2.24) is 0 Å². The predicted octanol–water partition coefficient (Wildman–Crippen LogP) is 5.37. The van der Waals surface area contributed by atoms with Crippen LogP contribution in [0.15, 0.2) is 0 Å². The third-order valence-corrected chi connectivity index (χ3v) is 4.23. The smallest absolute Gasteiger partial charge is 0.404 e. The number of carbonyl (C=O) groups is 1. The van der Waals surface area contributed by atoms with Gasteiger partial charge in [-0.2, -0.15) is 13.2 Å². The van der Waals surface area contributed by atoms with Crippen LogP contribution < -0.4 is 5.73 Å². The standard InChI is InChI=1S/C18H34F3NO2/c1-3-5-7-8-9-10-11-12-13-15(16(22)18(19,20)21)17(23)24-14-6-4-2/h15-16H,3-14,22H2,1-2H3/t15-,16-/m0/s1. The first-order chi connectivity index (χ1) is 11.3. The summed E-state index contributed by atoms with van der Waals surface area (Å²) in [5, 5.41) is 0. The Kier molecular flexibility index (Phi) is 13.1. The van der Waals surface area contributed by atoms with E-state index in [1.54, 1.807) is 0 Å². The molecule has 0 spiro atoms. The number of nitrogens with two attached hydrogens (primary N) is 1. The molecule has 0 fully saturated rings. The quantitative estimate of drug-likeness (QED) is 0.337. The molecule has 0 aromatic carbocycles. The summed E-state index contributed by atoms with van der Waals surface area (Å²) in [4.78, 5) is 11.9. The largest absolute Gasteiger partial charge is 0.465 e. The van der Waals surface area contributed by atoms with Crippen molar-refractivity contribution in [1.29, 1.82) is 0 Å². The maximum absolute atomic E-state index is 12.9. The maximum Gasteiger partial charge on any atom is 0.404 e. The van der Waals surface area contributed by atoms with Gasteiger partial charge in [0.2, 0.25) is 0 Å². The van der Waals surface area contributed by atoms with Gasteiger partial charge in [-0.3, -0.25) is 4.79 Å². The van der Waals surface area contributed by atoms with Gasteiger partial charge >= 0.3 is 12.1 Å². The van der Waals surface area contributed by atoms with E-state index in [0.717, 1.165) is 25.7 Å². The van der Waals surface area contributed by atoms with Crippen LogP contribution in [-0.4, -0.2) is 24.8 Å². The first-order valence-electron chi connectivity index (χ1n) is 9.33. The fourth-order valence-corrected chi connectivity index (χ4v) is 2.59. The van der Waals surface area contributed by atoms with Crippen LogP contribution in [0.3, 0.4) is 0 Å². The van der Waals surface area contributed by atoms with Crippen LogP contribution in [0.2, 0.25) is 0 Å². The molecule has 24 heavy (non-hydrogen) atoms. The number of ether oxygens (including phenoxy) is 1. The van der Waals surface area contributed by atoms with Crippen LogP contribution in [0.25, 0.3) is 0 Å². The summed E-state index contributed by atoms with van der Waals surface area (Å²) in [5.74, 6) is -2.10. The molecule has 0 amide bonds. The van der Waals surface area contributed by atoms with Crippen molar-refractivity contribution in [2.45, 2.75) is 96.7 Å². The summed E-state index contributed by atoms with van der Waals surface area (Å²) in [6, 6.07) is -2.14. The molecule has 0 aromatic heterocycles. The van der Waals surface area contributed by atoms with Crippen LogP contribution in [-0.2, 0) is 9.53 Å². The second kappa shape index (κ2) is 13.5. The first-order valence-corrected chi connectivity index (χ1v) is 9.33. The molecule has 0 aliphatic heterocycles. The van der Waals surface area contributed by atoms with E-state index in [0.29, 0.717) is 12.8 Å². The van der Waals surface area contributed by atoms with Crippen LogP contribution in [0, 0.1) is 5.92 Å². The number of hydrogen-bond donors (Lipinski definition) is 1. The topological polar surface area (TPSA) is 52.3 Å². The summed E-state index contributed by atoms with van der Waals surface area (Å²) in [5.41, 5.74) is 5.27. The zero-order chi connectivity index (χ0) is 18.4. The zero-order valence-corrected chi connectivity index (χ0v) is 15.2. The third kappa shape index (κ3) is 10.9. The molecule has 0 saturated heterocycles. The summed E-state index contributed by atoms with van der Waals surface area (Å²) >= 11 is 0. The van der Waals surface area contributed by atoms with Crippen molar-refractivity contribution in [2.75, 3.05) is 6.61 Å². The Balaban J connectivity index is 4.23. The van der Waals surface area contributed by atoms with Gasteiger partial charge in [0.1, 0.15) is 6.04 Å². The Morgan fingerprint density at radius 1 is 0.917 bits per heavy atom. The van der Waals surface area contributed by atoms with Crippen molar-refractivity contribution in [3.8, 4) is 0 Å². The molecule has 0 unspecified atom stereocenters. The number of hydrogen-bond acceptors (Lipinski definition) is 3. The normalized spacial score (nSPS) is 14.4. The molecule has 2 atom stereocenters. The number of alkyl halides is 3. The van der Waals surface area contributed by atoms with E-state index in [-0.39, 0.29) is 13.0 Å². The number of halogens is 3. The molecule has 0 rings (SSSR count). The van der Waals surface area contributed by atoms with E-state index >= 15 is 0 Å². The summed E-state index contributed by atoms with van der Waals surface area (Å²) < 4.78 is 43.6. The SMILES string of the molecule is CCCCCCCCCC[C@H](C(=O)OCCCC)[C@H](N)C(F)(F)F. The van der Waals surface area contributed by atoms with Crippen molar-refractivity contribution < 1.29 is 22.7 Å². The highest BCUT2D eigenvalue weighted by atomic mass is 19.4. The molecule has 6 heteroatoms. The molecule has 0 saturated carbocycles. The lowest BCUT2D eigenvalue weighted by Gasteiger charge is -2.24. The lowest BCUT2D eigenvalue weighted by molar-refractivity contribution is -0.177.